The van der Waals surface area contributed by atoms with E-state index in [4.69, 9.17) is 16.3 Å². The maximum atomic E-state index is 12.2. The van der Waals surface area contributed by atoms with E-state index < -0.39 is 17.6 Å². The first kappa shape index (κ1) is 14.1. The lowest BCUT2D eigenvalue weighted by Crippen LogP contribution is -2.28. The highest BCUT2D eigenvalue weighted by Gasteiger charge is 2.38. The van der Waals surface area contributed by atoms with E-state index in [0.717, 1.165) is 0 Å². The van der Waals surface area contributed by atoms with Crippen LogP contribution in [0.15, 0.2) is 22.7 Å². The van der Waals surface area contributed by atoms with Gasteiger partial charge in [-0.1, -0.05) is 43.5 Å². The molecule has 1 rings (SSSR count). The van der Waals surface area contributed by atoms with Crippen LogP contribution in [0.3, 0.4) is 0 Å². The molecule has 0 bridgehead atoms. The van der Waals surface area contributed by atoms with Crippen LogP contribution in [0.4, 0.5) is 13.2 Å². The Morgan fingerprint density at radius 2 is 2.00 bits per heavy atom. The van der Waals surface area contributed by atoms with Gasteiger partial charge in [0.25, 0.3) is 0 Å². The van der Waals surface area contributed by atoms with Crippen molar-refractivity contribution < 1.29 is 17.9 Å². The summed E-state index contributed by atoms with van der Waals surface area (Å²) in [5, 5.41) is 0.269. The zero-order valence-electron chi connectivity index (χ0n) is 7.69. The maximum Gasteiger partial charge on any atom is 0.404 e. The lowest BCUT2D eigenvalue weighted by molar-refractivity contribution is -0.132. The van der Waals surface area contributed by atoms with Crippen molar-refractivity contribution in [3.8, 4) is 5.75 Å². The highest BCUT2D eigenvalue weighted by molar-refractivity contribution is 9.10. The molecule has 1 unspecified atom stereocenters. The molecule has 1 aromatic carbocycles. The normalized spacial score (nSPS) is 13.6. The van der Waals surface area contributed by atoms with E-state index in [1.165, 1.54) is 12.1 Å². The minimum absolute atomic E-state index is 0.213. The molecule has 0 aliphatic heterocycles. The summed E-state index contributed by atoms with van der Waals surface area (Å²) < 4.78 is 42.2. The maximum absolute atomic E-state index is 12.2. The minimum Gasteiger partial charge on any atom is -0.490 e. The fourth-order valence-corrected chi connectivity index (χ4v) is 1.49. The Bertz CT molecular complexity index is 370. The first-order valence-electron chi connectivity index (χ1n) is 4.09. The molecule has 1 aromatic rings. The summed E-state index contributed by atoms with van der Waals surface area (Å²) >= 11 is 11.4. The second-order valence-electron chi connectivity index (χ2n) is 2.89. The molecule has 0 spiro atoms. The average molecular weight is 382 g/mol. The molecule has 0 heterocycles. The Hall–Kier alpha value is 0.0600. The molecule has 0 saturated heterocycles. The summed E-state index contributed by atoms with van der Waals surface area (Å²) in [5.41, 5.74) is 0. The third kappa shape index (κ3) is 4.14. The van der Waals surface area contributed by atoms with Gasteiger partial charge in [-0.25, -0.2) is 0 Å². The van der Waals surface area contributed by atoms with Crippen LogP contribution in [0.5, 0.6) is 5.75 Å². The minimum atomic E-state index is -4.33. The van der Waals surface area contributed by atoms with Gasteiger partial charge in [-0.05, 0) is 18.2 Å². The molecule has 0 aliphatic carbocycles. The molecule has 7 heteroatoms. The lowest BCUT2D eigenvalue weighted by atomic mass is 10.3. The number of hydrogen-bond donors (Lipinski definition) is 0. The van der Waals surface area contributed by atoms with Crippen LogP contribution in [0.25, 0.3) is 0 Å². The Morgan fingerprint density at radius 1 is 1.38 bits per heavy atom. The zero-order chi connectivity index (χ0) is 12.3. The SMILES string of the molecule is FC(F)(F)C(Br)COc1cc(Br)ccc1Cl. The molecule has 0 radical (unpaired) electrons. The smallest absolute Gasteiger partial charge is 0.404 e. The number of hydrogen-bond acceptors (Lipinski definition) is 1. The van der Waals surface area contributed by atoms with Gasteiger partial charge in [0, 0.05) is 4.47 Å². The van der Waals surface area contributed by atoms with Crippen LogP contribution in [0.2, 0.25) is 5.02 Å². The molecule has 0 amide bonds. The predicted molar refractivity (Wildman–Crippen MR) is 63.4 cm³/mol. The van der Waals surface area contributed by atoms with Gasteiger partial charge in [0.2, 0.25) is 0 Å². The summed E-state index contributed by atoms with van der Waals surface area (Å²) in [6.07, 6.45) is -4.33. The summed E-state index contributed by atoms with van der Waals surface area (Å²) in [7, 11) is 0. The third-order valence-electron chi connectivity index (χ3n) is 1.63. The highest BCUT2D eigenvalue weighted by Crippen LogP contribution is 2.31. The van der Waals surface area contributed by atoms with Crippen molar-refractivity contribution in [1.82, 2.24) is 0 Å². The lowest BCUT2D eigenvalue weighted by Gasteiger charge is -2.15. The van der Waals surface area contributed by atoms with Crippen LogP contribution in [-0.2, 0) is 0 Å². The van der Waals surface area contributed by atoms with Crippen LogP contribution in [-0.4, -0.2) is 17.6 Å². The Labute approximate surface area is 112 Å². The highest BCUT2D eigenvalue weighted by atomic mass is 79.9. The van der Waals surface area contributed by atoms with E-state index in [1.807, 2.05) is 0 Å². The van der Waals surface area contributed by atoms with Crippen LogP contribution < -0.4 is 4.74 Å². The first-order chi connectivity index (χ1) is 7.30. The first-order valence-corrected chi connectivity index (χ1v) is 6.18. The van der Waals surface area contributed by atoms with E-state index in [0.29, 0.717) is 4.47 Å². The monoisotopic (exact) mass is 380 g/mol. The van der Waals surface area contributed by atoms with Gasteiger partial charge in [-0.15, -0.1) is 0 Å². The quantitative estimate of drug-likeness (QED) is 0.682. The molecule has 90 valence electrons. The van der Waals surface area contributed by atoms with Crippen molar-refractivity contribution in [3.05, 3.63) is 27.7 Å². The Balaban J connectivity index is 2.64. The van der Waals surface area contributed by atoms with Gasteiger partial charge in [-0.2, -0.15) is 13.2 Å². The molecule has 0 aliphatic rings. The average Bonchev–Trinajstić information content (AvgIpc) is 2.17. The fraction of sp³-hybridized carbons (Fsp3) is 0.333. The number of ether oxygens (including phenoxy) is 1. The molecular weight excluding hydrogens is 376 g/mol. The van der Waals surface area contributed by atoms with Crippen LogP contribution >= 0.6 is 43.5 Å². The van der Waals surface area contributed by atoms with Crippen molar-refractivity contribution in [2.75, 3.05) is 6.61 Å². The topological polar surface area (TPSA) is 9.23 Å². The summed E-state index contributed by atoms with van der Waals surface area (Å²) in [4.78, 5) is -1.71. The number of rotatable bonds is 3. The van der Waals surface area contributed by atoms with Gasteiger partial charge in [0.15, 0.2) is 0 Å². The van der Waals surface area contributed by atoms with E-state index in [2.05, 4.69) is 31.9 Å². The second-order valence-corrected chi connectivity index (χ2v) is 5.32. The van der Waals surface area contributed by atoms with Crippen molar-refractivity contribution >= 4 is 43.5 Å². The molecule has 1 nitrogen and oxygen atoms in total. The Kier molecular flexibility index (Phi) is 4.94. The molecule has 0 N–H and O–H groups in total. The van der Waals surface area contributed by atoms with Crippen LogP contribution in [0, 0.1) is 0 Å². The largest absolute Gasteiger partial charge is 0.490 e. The van der Waals surface area contributed by atoms with Crippen LogP contribution in [0.1, 0.15) is 0 Å². The number of halogens is 6. The summed E-state index contributed by atoms with van der Waals surface area (Å²) in [6, 6.07) is 4.72. The molecule has 0 saturated carbocycles. The van der Waals surface area contributed by atoms with Crippen molar-refractivity contribution in [2.24, 2.45) is 0 Å². The zero-order valence-corrected chi connectivity index (χ0v) is 11.6. The van der Waals surface area contributed by atoms with E-state index in [1.54, 1.807) is 6.07 Å². The van der Waals surface area contributed by atoms with Gasteiger partial charge in [-0.3, -0.25) is 0 Å². The summed E-state index contributed by atoms with van der Waals surface area (Å²) in [5.74, 6) is 0.213. The third-order valence-corrected chi connectivity index (χ3v) is 3.22. The molecule has 1 atom stereocenters. The number of benzene rings is 1. The van der Waals surface area contributed by atoms with Crippen molar-refractivity contribution in [1.29, 1.82) is 0 Å². The second kappa shape index (κ2) is 5.60. The molecule has 0 fully saturated rings. The van der Waals surface area contributed by atoms with Gasteiger partial charge < -0.3 is 4.74 Å². The van der Waals surface area contributed by atoms with Crippen molar-refractivity contribution in [3.63, 3.8) is 0 Å². The van der Waals surface area contributed by atoms with E-state index in [-0.39, 0.29) is 10.8 Å². The Morgan fingerprint density at radius 3 is 2.56 bits per heavy atom. The number of alkyl halides is 4. The van der Waals surface area contributed by atoms with Gasteiger partial charge in [0.1, 0.15) is 17.2 Å². The van der Waals surface area contributed by atoms with Gasteiger partial charge in [0.05, 0.1) is 5.02 Å². The van der Waals surface area contributed by atoms with E-state index >= 15 is 0 Å². The van der Waals surface area contributed by atoms with Crippen molar-refractivity contribution in [2.45, 2.75) is 11.0 Å². The fourth-order valence-electron chi connectivity index (χ4n) is 0.845. The van der Waals surface area contributed by atoms with E-state index in [9.17, 15) is 13.2 Å². The predicted octanol–water partition coefficient (Wildman–Crippen LogP) is 4.81. The molecular formula is C9H6Br2ClF3O. The summed E-state index contributed by atoms with van der Waals surface area (Å²) in [6.45, 7) is -0.528. The molecule has 16 heavy (non-hydrogen) atoms. The standard InChI is InChI=1S/C9H6Br2ClF3O/c10-5-1-2-6(12)7(3-5)16-4-8(11)9(13,14)15/h1-3,8H,4H2. The van der Waals surface area contributed by atoms with Gasteiger partial charge >= 0.3 is 6.18 Å². The molecule has 0 aromatic heterocycles.